The summed E-state index contributed by atoms with van der Waals surface area (Å²) in [6.45, 7) is 1.35. The van der Waals surface area contributed by atoms with Crippen LogP contribution in [0, 0.1) is 0 Å². The number of benzene rings is 2. The van der Waals surface area contributed by atoms with Crippen molar-refractivity contribution < 1.29 is 17.9 Å². The summed E-state index contributed by atoms with van der Waals surface area (Å²) in [4.78, 5) is 4.68. The molecule has 3 aliphatic rings. The Kier molecular flexibility index (Phi) is 6.28. The molecule has 36 heavy (non-hydrogen) atoms. The number of sulfonamides is 1. The molecule has 1 saturated heterocycles. The van der Waals surface area contributed by atoms with Crippen LogP contribution in [0.1, 0.15) is 49.7 Å². The van der Waals surface area contributed by atoms with Gasteiger partial charge in [0.1, 0.15) is 5.75 Å². The van der Waals surface area contributed by atoms with E-state index >= 15 is 0 Å². The van der Waals surface area contributed by atoms with Crippen LogP contribution in [0.3, 0.4) is 0 Å². The summed E-state index contributed by atoms with van der Waals surface area (Å²) in [5.41, 5.74) is 3.30. The minimum Gasteiger partial charge on any atom is -0.490 e. The van der Waals surface area contributed by atoms with E-state index in [4.69, 9.17) is 21.1 Å². The van der Waals surface area contributed by atoms with E-state index in [1.807, 2.05) is 30.5 Å². The quantitative estimate of drug-likeness (QED) is 0.347. The molecule has 0 radical (unpaired) electrons. The Morgan fingerprint density at radius 2 is 1.81 bits per heavy atom. The monoisotopic (exact) mass is 524 g/mol. The van der Waals surface area contributed by atoms with Gasteiger partial charge in [-0.2, -0.15) is 4.31 Å². The Balaban J connectivity index is 1.27. The van der Waals surface area contributed by atoms with Crippen molar-refractivity contribution >= 4 is 21.6 Å². The fraction of sp³-hybridized carbons (Fsp3) is 0.393. The number of hydrogen-bond donors (Lipinski definition) is 0. The van der Waals surface area contributed by atoms with E-state index in [1.165, 1.54) is 0 Å². The van der Waals surface area contributed by atoms with Crippen molar-refractivity contribution in [3.05, 3.63) is 77.1 Å². The Morgan fingerprint density at radius 3 is 2.56 bits per heavy atom. The van der Waals surface area contributed by atoms with Crippen molar-refractivity contribution in [1.29, 1.82) is 0 Å². The molecule has 1 aliphatic heterocycles. The number of halogens is 1. The molecule has 0 amide bonds. The minimum atomic E-state index is -3.53. The summed E-state index contributed by atoms with van der Waals surface area (Å²) < 4.78 is 40.4. The van der Waals surface area contributed by atoms with Crippen molar-refractivity contribution in [1.82, 2.24) is 9.29 Å². The lowest BCUT2D eigenvalue weighted by Crippen LogP contribution is -2.28. The third kappa shape index (κ3) is 4.65. The number of aromatic nitrogens is 1. The summed E-state index contributed by atoms with van der Waals surface area (Å²) >= 11 is 6.49. The molecule has 3 aromatic rings. The van der Waals surface area contributed by atoms with Crippen molar-refractivity contribution in [3.63, 3.8) is 0 Å². The van der Waals surface area contributed by atoms with E-state index in [-0.39, 0.29) is 11.5 Å². The van der Waals surface area contributed by atoms with Crippen LogP contribution in [0.15, 0.2) is 65.8 Å². The first-order chi connectivity index (χ1) is 17.5. The molecule has 6 rings (SSSR count). The topological polar surface area (TPSA) is 68.7 Å². The summed E-state index contributed by atoms with van der Waals surface area (Å²) in [6, 6.07) is 15.0. The average Bonchev–Trinajstić information content (AvgIpc) is 3.81. The Hall–Kier alpha value is -2.45. The first-order valence-electron chi connectivity index (χ1n) is 12.6. The Bertz CT molecular complexity index is 1380. The molecule has 2 saturated carbocycles. The normalized spacial score (nSPS) is 19.4. The van der Waals surface area contributed by atoms with E-state index in [1.54, 1.807) is 28.7 Å². The maximum Gasteiger partial charge on any atom is 0.243 e. The second-order valence-electron chi connectivity index (χ2n) is 9.88. The van der Waals surface area contributed by atoms with Crippen molar-refractivity contribution in [2.24, 2.45) is 0 Å². The van der Waals surface area contributed by atoms with E-state index < -0.39 is 15.6 Å². The van der Waals surface area contributed by atoms with Gasteiger partial charge in [-0.1, -0.05) is 29.8 Å². The van der Waals surface area contributed by atoms with Gasteiger partial charge in [0.15, 0.2) is 0 Å². The number of para-hydroxylation sites is 1. The second kappa shape index (κ2) is 9.45. The number of ether oxygens (including phenoxy) is 2. The molecule has 2 aliphatic carbocycles. The van der Waals surface area contributed by atoms with Gasteiger partial charge in [0, 0.05) is 41.6 Å². The molecule has 3 fully saturated rings. The van der Waals surface area contributed by atoms with Crippen molar-refractivity contribution in [2.45, 2.75) is 61.7 Å². The molecule has 2 heterocycles. The number of pyridine rings is 1. The Morgan fingerprint density at radius 1 is 1.03 bits per heavy atom. The van der Waals surface area contributed by atoms with Crippen LogP contribution in [0.2, 0.25) is 5.02 Å². The standard InChI is InChI=1S/C28H29ClN2O4S/c29-26-10-9-22(36(32,33)31-15-3-4-16-31)17-20(26)19-34-28(12-13-28)25-18-30-14-11-23(25)24-5-1-2-6-27(24)35-21-7-8-21/h1-2,5-6,9-11,14,17-18,21H,3-4,7-8,12-13,15-16,19H2. The number of nitrogens with zero attached hydrogens (tertiary/aromatic N) is 2. The number of rotatable bonds is 9. The molecule has 1 aromatic heterocycles. The van der Waals surface area contributed by atoms with E-state index in [0.29, 0.717) is 29.8 Å². The summed E-state index contributed by atoms with van der Waals surface area (Å²) in [7, 11) is -3.53. The van der Waals surface area contributed by atoms with Gasteiger partial charge < -0.3 is 9.47 Å². The third-order valence-electron chi connectivity index (χ3n) is 7.24. The number of hydrogen-bond acceptors (Lipinski definition) is 5. The highest BCUT2D eigenvalue weighted by molar-refractivity contribution is 7.89. The zero-order chi connectivity index (χ0) is 24.8. The predicted octanol–water partition coefficient (Wildman–Crippen LogP) is 5.93. The SMILES string of the molecule is O=S(=O)(c1ccc(Cl)c(COC2(c3cnccc3-c3ccccc3OC3CC3)CC2)c1)N1CCCC1. The summed E-state index contributed by atoms with van der Waals surface area (Å²) in [6.07, 6.45) is 9.69. The summed E-state index contributed by atoms with van der Waals surface area (Å²) in [5.74, 6) is 0.881. The van der Waals surface area contributed by atoms with Crippen LogP contribution < -0.4 is 4.74 Å². The van der Waals surface area contributed by atoms with Crippen LogP contribution >= 0.6 is 11.6 Å². The van der Waals surface area contributed by atoms with Gasteiger partial charge in [-0.3, -0.25) is 4.98 Å². The maximum atomic E-state index is 13.1. The fourth-order valence-electron chi connectivity index (χ4n) is 4.87. The van der Waals surface area contributed by atoms with Gasteiger partial charge in [0.05, 0.1) is 23.2 Å². The van der Waals surface area contributed by atoms with Crippen LogP contribution in [0.5, 0.6) is 5.75 Å². The first kappa shape index (κ1) is 23.9. The van der Waals surface area contributed by atoms with Gasteiger partial charge in [-0.05, 0) is 80.0 Å². The molecule has 2 aromatic carbocycles. The second-order valence-corrected chi connectivity index (χ2v) is 12.2. The molecule has 188 valence electrons. The molecule has 0 bridgehead atoms. The van der Waals surface area contributed by atoms with Gasteiger partial charge in [0.2, 0.25) is 10.0 Å². The highest BCUT2D eigenvalue weighted by atomic mass is 35.5. The van der Waals surface area contributed by atoms with Crippen molar-refractivity contribution in [3.8, 4) is 16.9 Å². The van der Waals surface area contributed by atoms with Gasteiger partial charge in [0.25, 0.3) is 0 Å². The predicted molar refractivity (Wildman–Crippen MR) is 138 cm³/mol. The molecular formula is C28H29ClN2O4S. The lowest BCUT2D eigenvalue weighted by molar-refractivity contribution is 0.0173. The lowest BCUT2D eigenvalue weighted by Gasteiger charge is -2.22. The van der Waals surface area contributed by atoms with Gasteiger partial charge >= 0.3 is 0 Å². The molecule has 0 unspecified atom stereocenters. The van der Waals surface area contributed by atoms with Gasteiger partial charge in [-0.25, -0.2) is 8.42 Å². The van der Waals surface area contributed by atoms with E-state index in [2.05, 4.69) is 11.1 Å². The Labute approximate surface area is 217 Å². The maximum absolute atomic E-state index is 13.1. The highest BCUT2D eigenvalue weighted by Gasteiger charge is 2.48. The molecule has 0 spiro atoms. The zero-order valence-electron chi connectivity index (χ0n) is 20.0. The van der Waals surface area contributed by atoms with Crippen molar-refractivity contribution in [2.75, 3.05) is 13.1 Å². The molecule has 8 heteroatoms. The van der Waals surface area contributed by atoms with E-state index in [0.717, 1.165) is 61.0 Å². The highest BCUT2D eigenvalue weighted by Crippen LogP contribution is 2.53. The van der Waals surface area contributed by atoms with Crippen LogP contribution in [-0.2, 0) is 27.0 Å². The third-order valence-corrected chi connectivity index (χ3v) is 9.50. The largest absolute Gasteiger partial charge is 0.490 e. The van der Waals surface area contributed by atoms with Crippen LogP contribution in [0.4, 0.5) is 0 Å². The minimum absolute atomic E-state index is 0.219. The summed E-state index contributed by atoms with van der Waals surface area (Å²) in [5, 5.41) is 0.501. The van der Waals surface area contributed by atoms with E-state index in [9.17, 15) is 8.42 Å². The lowest BCUT2D eigenvalue weighted by atomic mass is 9.96. The molecule has 0 N–H and O–H groups in total. The van der Waals surface area contributed by atoms with Gasteiger partial charge in [-0.15, -0.1) is 0 Å². The van der Waals surface area contributed by atoms with Crippen LogP contribution in [-0.4, -0.2) is 36.9 Å². The first-order valence-corrected chi connectivity index (χ1v) is 14.4. The fourth-order valence-corrected chi connectivity index (χ4v) is 6.61. The van der Waals surface area contributed by atoms with Crippen LogP contribution in [0.25, 0.3) is 11.1 Å². The average molecular weight is 525 g/mol. The smallest absolute Gasteiger partial charge is 0.243 e. The molecule has 0 atom stereocenters. The molecule has 6 nitrogen and oxygen atoms in total. The zero-order valence-corrected chi connectivity index (χ0v) is 21.6. The molecular weight excluding hydrogens is 496 g/mol.